The lowest BCUT2D eigenvalue weighted by Crippen LogP contribution is -2.04. The largest absolute Gasteiger partial charge is 0.289 e. The molecule has 0 saturated heterocycles. The van der Waals surface area contributed by atoms with Gasteiger partial charge in [-0.05, 0) is 31.0 Å². The highest BCUT2D eigenvalue weighted by molar-refractivity contribution is 6.36. The van der Waals surface area contributed by atoms with Crippen LogP contribution in [0.25, 0.3) is 0 Å². The van der Waals surface area contributed by atoms with Crippen LogP contribution in [0.15, 0.2) is 42.0 Å². The zero-order chi connectivity index (χ0) is 11.5. The summed E-state index contributed by atoms with van der Waals surface area (Å²) in [6.07, 6.45) is 7.64. The van der Waals surface area contributed by atoms with E-state index in [0.29, 0.717) is 21.2 Å². The molecular formula is C13H10Cl2O. The quantitative estimate of drug-likeness (QED) is 0.711. The van der Waals surface area contributed by atoms with Crippen LogP contribution in [0.2, 0.25) is 10.0 Å². The van der Waals surface area contributed by atoms with Gasteiger partial charge in [-0.3, -0.25) is 4.79 Å². The molecule has 0 N–H and O–H groups in total. The van der Waals surface area contributed by atoms with Crippen LogP contribution in [0.4, 0.5) is 0 Å². The smallest absolute Gasteiger partial charge is 0.194 e. The number of benzene rings is 1. The van der Waals surface area contributed by atoms with Gasteiger partial charge in [0, 0.05) is 16.2 Å². The molecule has 0 atom stereocenters. The lowest BCUT2D eigenvalue weighted by Gasteiger charge is -2.07. The van der Waals surface area contributed by atoms with Crippen LogP contribution < -0.4 is 0 Å². The predicted molar refractivity (Wildman–Crippen MR) is 67.2 cm³/mol. The zero-order valence-corrected chi connectivity index (χ0v) is 10.1. The lowest BCUT2D eigenvalue weighted by molar-refractivity contribution is 0.103. The minimum absolute atomic E-state index is 0.0662. The summed E-state index contributed by atoms with van der Waals surface area (Å²) in [6, 6.07) is 4.92. The van der Waals surface area contributed by atoms with Gasteiger partial charge in [0.15, 0.2) is 5.78 Å². The Labute approximate surface area is 104 Å². The van der Waals surface area contributed by atoms with Crippen molar-refractivity contribution in [2.24, 2.45) is 0 Å². The van der Waals surface area contributed by atoms with Crippen LogP contribution in [-0.2, 0) is 0 Å². The molecule has 1 aliphatic carbocycles. The first-order valence-corrected chi connectivity index (χ1v) is 5.80. The molecule has 2 rings (SSSR count). The molecule has 0 unspecified atom stereocenters. The van der Waals surface area contributed by atoms with Gasteiger partial charge < -0.3 is 0 Å². The van der Waals surface area contributed by atoms with Crippen LogP contribution >= 0.6 is 23.2 Å². The minimum atomic E-state index is -0.0662. The van der Waals surface area contributed by atoms with Gasteiger partial charge >= 0.3 is 0 Å². The average Bonchev–Trinajstić information content (AvgIpc) is 2.32. The summed E-state index contributed by atoms with van der Waals surface area (Å²) < 4.78 is 0. The van der Waals surface area contributed by atoms with E-state index in [2.05, 4.69) is 0 Å². The first-order valence-electron chi connectivity index (χ1n) is 5.05. The molecule has 0 radical (unpaired) electrons. The standard InChI is InChI=1S/C13H10Cl2O/c14-10-6-7-12(15)11(8-10)13(16)9-4-2-1-3-5-9/h2,4-8H,1,3H2. The van der Waals surface area contributed by atoms with Crippen molar-refractivity contribution >= 4 is 29.0 Å². The number of hydrogen-bond donors (Lipinski definition) is 0. The van der Waals surface area contributed by atoms with Crippen molar-refractivity contribution < 1.29 is 4.79 Å². The van der Waals surface area contributed by atoms with Crippen LogP contribution in [0.1, 0.15) is 23.2 Å². The van der Waals surface area contributed by atoms with E-state index in [9.17, 15) is 4.79 Å². The normalized spacial score (nSPS) is 14.8. The highest BCUT2D eigenvalue weighted by Crippen LogP contribution is 2.24. The number of carbonyl (C=O) groups is 1. The minimum Gasteiger partial charge on any atom is -0.289 e. The third-order valence-corrected chi connectivity index (χ3v) is 2.99. The van der Waals surface area contributed by atoms with E-state index >= 15 is 0 Å². The summed E-state index contributed by atoms with van der Waals surface area (Å²) in [6.45, 7) is 0. The number of hydrogen-bond acceptors (Lipinski definition) is 1. The third kappa shape index (κ3) is 2.37. The van der Waals surface area contributed by atoms with Crippen molar-refractivity contribution in [3.05, 3.63) is 57.6 Å². The number of ketones is 1. The maximum Gasteiger partial charge on any atom is 0.194 e. The molecule has 1 aliphatic rings. The fourth-order valence-electron chi connectivity index (χ4n) is 1.61. The Hall–Kier alpha value is -1.05. The van der Waals surface area contributed by atoms with Gasteiger partial charge in [-0.1, -0.05) is 41.4 Å². The number of Topliss-reactive ketones (excluding diaryl/α,β-unsaturated/α-hetero) is 1. The van der Waals surface area contributed by atoms with Crippen LogP contribution in [0, 0.1) is 0 Å². The second kappa shape index (κ2) is 4.86. The van der Waals surface area contributed by atoms with Gasteiger partial charge in [-0.2, -0.15) is 0 Å². The van der Waals surface area contributed by atoms with Gasteiger partial charge in [-0.25, -0.2) is 0 Å². The first-order chi connectivity index (χ1) is 7.68. The molecule has 16 heavy (non-hydrogen) atoms. The maximum atomic E-state index is 12.1. The van der Waals surface area contributed by atoms with E-state index in [1.807, 2.05) is 18.2 Å². The Balaban J connectivity index is 2.37. The maximum absolute atomic E-state index is 12.1. The molecule has 82 valence electrons. The van der Waals surface area contributed by atoms with Crippen molar-refractivity contribution in [3.63, 3.8) is 0 Å². The molecule has 0 saturated carbocycles. The molecule has 1 aromatic rings. The van der Waals surface area contributed by atoms with Gasteiger partial charge in [0.2, 0.25) is 0 Å². The summed E-state index contributed by atoms with van der Waals surface area (Å²) in [5.41, 5.74) is 1.15. The fraction of sp³-hybridized carbons (Fsp3) is 0.154. The van der Waals surface area contributed by atoms with Crippen LogP contribution in [0.3, 0.4) is 0 Å². The highest BCUT2D eigenvalue weighted by atomic mass is 35.5. The Morgan fingerprint density at radius 3 is 2.69 bits per heavy atom. The molecule has 0 spiro atoms. The fourth-order valence-corrected chi connectivity index (χ4v) is 1.98. The summed E-state index contributed by atoms with van der Waals surface area (Å²) in [4.78, 5) is 12.1. The number of carbonyl (C=O) groups excluding carboxylic acids is 1. The summed E-state index contributed by atoms with van der Waals surface area (Å²) in [7, 11) is 0. The van der Waals surface area contributed by atoms with Crippen molar-refractivity contribution in [3.8, 4) is 0 Å². The van der Waals surface area contributed by atoms with E-state index in [0.717, 1.165) is 12.8 Å². The van der Waals surface area contributed by atoms with Crippen LogP contribution in [-0.4, -0.2) is 5.78 Å². The van der Waals surface area contributed by atoms with Gasteiger partial charge in [0.1, 0.15) is 0 Å². The molecule has 0 amide bonds. The Bertz CT molecular complexity index is 487. The summed E-state index contributed by atoms with van der Waals surface area (Å²) in [5.74, 6) is -0.0662. The Kier molecular flexibility index (Phi) is 3.47. The van der Waals surface area contributed by atoms with Crippen molar-refractivity contribution in [2.45, 2.75) is 12.8 Å². The number of halogens is 2. The molecule has 1 aromatic carbocycles. The Morgan fingerprint density at radius 1 is 1.19 bits per heavy atom. The molecule has 0 aliphatic heterocycles. The van der Waals surface area contributed by atoms with E-state index in [1.165, 1.54) is 0 Å². The van der Waals surface area contributed by atoms with E-state index in [4.69, 9.17) is 23.2 Å². The summed E-state index contributed by atoms with van der Waals surface area (Å²) >= 11 is 11.8. The molecule has 3 heteroatoms. The predicted octanol–water partition coefficient (Wildman–Crippen LogP) is 4.45. The van der Waals surface area contributed by atoms with Gasteiger partial charge in [-0.15, -0.1) is 0 Å². The summed E-state index contributed by atoms with van der Waals surface area (Å²) in [5, 5.41) is 0.961. The van der Waals surface area contributed by atoms with E-state index in [1.54, 1.807) is 18.2 Å². The molecule has 0 fully saturated rings. The molecule has 0 bridgehead atoms. The molecule has 1 nitrogen and oxygen atoms in total. The second-order valence-electron chi connectivity index (χ2n) is 3.59. The van der Waals surface area contributed by atoms with E-state index in [-0.39, 0.29) is 5.78 Å². The monoisotopic (exact) mass is 252 g/mol. The topological polar surface area (TPSA) is 17.1 Å². The molecule has 0 heterocycles. The lowest BCUT2D eigenvalue weighted by atomic mass is 9.98. The highest BCUT2D eigenvalue weighted by Gasteiger charge is 2.14. The van der Waals surface area contributed by atoms with Crippen LogP contribution in [0.5, 0.6) is 0 Å². The number of allylic oxidation sites excluding steroid dienone is 4. The molecular weight excluding hydrogens is 243 g/mol. The van der Waals surface area contributed by atoms with Crippen molar-refractivity contribution in [1.82, 2.24) is 0 Å². The third-order valence-electron chi connectivity index (χ3n) is 2.43. The average molecular weight is 253 g/mol. The van der Waals surface area contributed by atoms with Gasteiger partial charge in [0.25, 0.3) is 0 Å². The van der Waals surface area contributed by atoms with Crippen molar-refractivity contribution in [1.29, 1.82) is 0 Å². The molecule has 0 aromatic heterocycles. The SMILES string of the molecule is O=C(C1=CCCC=C1)c1cc(Cl)ccc1Cl. The number of rotatable bonds is 2. The second-order valence-corrected chi connectivity index (χ2v) is 4.44. The Morgan fingerprint density at radius 2 is 2.00 bits per heavy atom. The zero-order valence-electron chi connectivity index (χ0n) is 8.54. The van der Waals surface area contributed by atoms with Gasteiger partial charge in [0.05, 0.1) is 5.02 Å². The first kappa shape index (κ1) is 11.4. The van der Waals surface area contributed by atoms with E-state index < -0.39 is 0 Å². The van der Waals surface area contributed by atoms with Crippen molar-refractivity contribution in [2.75, 3.05) is 0 Å².